The molecule has 1 atom stereocenters. The normalized spacial score (nSPS) is 13.4. The van der Waals surface area contributed by atoms with Gasteiger partial charge < -0.3 is 10.1 Å². The van der Waals surface area contributed by atoms with Gasteiger partial charge in [-0.25, -0.2) is 4.79 Å². The second-order valence-corrected chi connectivity index (χ2v) is 6.86. The maximum atomic E-state index is 14.5. The van der Waals surface area contributed by atoms with Crippen LogP contribution in [0.25, 0.3) is 10.8 Å². The number of Topliss-reactive ketones (excluding diaryl/α,β-unsaturated/α-hetero) is 1. The highest BCUT2D eigenvalue weighted by molar-refractivity contribution is 5.87. The topological polar surface area (TPSA) is 55.4 Å². The fraction of sp³-hybridized carbons (Fsp3) is 0.368. The molecule has 134 valence electrons. The Morgan fingerprint density at radius 2 is 1.64 bits per heavy atom. The number of nitrogens with one attached hydrogen (secondary N) is 1. The summed E-state index contributed by atoms with van der Waals surface area (Å²) in [7, 11) is 0. The number of ether oxygens (including phenoxy) is 1. The lowest BCUT2D eigenvalue weighted by Gasteiger charge is -2.28. The van der Waals surface area contributed by atoms with Crippen LogP contribution < -0.4 is 5.32 Å². The van der Waals surface area contributed by atoms with Crippen molar-refractivity contribution >= 4 is 22.6 Å². The third-order valence-electron chi connectivity index (χ3n) is 3.60. The van der Waals surface area contributed by atoms with Crippen molar-refractivity contribution in [3.05, 3.63) is 48.0 Å². The standard InChI is InChI=1S/C19H21F2NO3/c1-12(23)19(20,21)16(22-17(24)25-18(2,3)4)15-10-9-13-7-5-6-8-14(13)11-15/h5-11,16H,1-4H3,(H,22,24). The number of rotatable bonds is 4. The molecule has 0 spiro atoms. The number of amides is 1. The predicted molar refractivity (Wildman–Crippen MR) is 91.7 cm³/mol. The first kappa shape index (κ1) is 18.8. The second kappa shape index (κ2) is 6.78. The molecule has 0 aliphatic heterocycles. The van der Waals surface area contributed by atoms with Gasteiger partial charge in [0.2, 0.25) is 5.78 Å². The molecular weight excluding hydrogens is 328 g/mol. The van der Waals surface area contributed by atoms with Crippen LogP contribution in [0.3, 0.4) is 0 Å². The third-order valence-corrected chi connectivity index (χ3v) is 3.60. The first-order valence-corrected chi connectivity index (χ1v) is 7.88. The van der Waals surface area contributed by atoms with E-state index in [1.54, 1.807) is 39.0 Å². The Morgan fingerprint density at radius 1 is 1.04 bits per heavy atom. The van der Waals surface area contributed by atoms with Crippen molar-refractivity contribution in [2.45, 2.75) is 45.3 Å². The SMILES string of the molecule is CC(=O)C(F)(F)C(NC(=O)OC(C)(C)C)c1ccc2ccccc2c1. The summed E-state index contributed by atoms with van der Waals surface area (Å²) in [5, 5.41) is 3.74. The van der Waals surface area contributed by atoms with E-state index in [0.29, 0.717) is 0 Å². The molecule has 1 unspecified atom stereocenters. The quantitative estimate of drug-likeness (QED) is 0.875. The number of fused-ring (bicyclic) bond motifs is 1. The molecule has 0 heterocycles. The molecule has 0 fully saturated rings. The highest BCUT2D eigenvalue weighted by Gasteiger charge is 2.46. The van der Waals surface area contributed by atoms with Crippen LogP contribution in [0.4, 0.5) is 13.6 Å². The Hall–Kier alpha value is -2.50. The number of benzene rings is 2. The first-order chi connectivity index (χ1) is 11.5. The summed E-state index contributed by atoms with van der Waals surface area (Å²) in [6, 6.07) is 10.1. The van der Waals surface area contributed by atoms with Gasteiger partial charge in [-0.05, 0) is 43.2 Å². The highest BCUT2D eigenvalue weighted by Crippen LogP contribution is 2.34. The summed E-state index contributed by atoms with van der Waals surface area (Å²) in [5.41, 5.74) is -0.714. The number of carbonyl (C=O) groups excluding carboxylic acids is 2. The fourth-order valence-corrected chi connectivity index (χ4v) is 2.40. The Bertz CT molecular complexity index is 797. The fourth-order valence-electron chi connectivity index (χ4n) is 2.40. The zero-order valence-electron chi connectivity index (χ0n) is 14.6. The predicted octanol–water partition coefficient (Wildman–Crippen LogP) is 4.63. The van der Waals surface area contributed by atoms with Gasteiger partial charge in [0.1, 0.15) is 11.6 Å². The summed E-state index contributed by atoms with van der Waals surface area (Å²) in [6.45, 7) is 5.67. The number of hydrogen-bond donors (Lipinski definition) is 1. The van der Waals surface area contributed by atoms with E-state index in [-0.39, 0.29) is 5.56 Å². The Labute approximate surface area is 145 Å². The summed E-state index contributed by atoms with van der Waals surface area (Å²) in [4.78, 5) is 23.5. The van der Waals surface area contributed by atoms with Crippen molar-refractivity contribution in [3.8, 4) is 0 Å². The van der Waals surface area contributed by atoms with Crippen LogP contribution in [0.2, 0.25) is 0 Å². The van der Waals surface area contributed by atoms with Crippen LogP contribution >= 0.6 is 0 Å². The zero-order chi connectivity index (χ0) is 18.8. The van der Waals surface area contributed by atoms with Crippen molar-refractivity contribution in [1.82, 2.24) is 5.32 Å². The van der Waals surface area contributed by atoms with E-state index >= 15 is 0 Å². The van der Waals surface area contributed by atoms with Crippen molar-refractivity contribution < 1.29 is 23.1 Å². The molecule has 25 heavy (non-hydrogen) atoms. The van der Waals surface area contributed by atoms with Crippen LogP contribution in [0.5, 0.6) is 0 Å². The number of halogens is 2. The minimum absolute atomic E-state index is 0.129. The lowest BCUT2D eigenvalue weighted by molar-refractivity contribution is -0.145. The van der Waals surface area contributed by atoms with Gasteiger partial charge in [0.25, 0.3) is 0 Å². The van der Waals surface area contributed by atoms with E-state index in [1.807, 2.05) is 12.1 Å². The van der Waals surface area contributed by atoms with Gasteiger partial charge in [0, 0.05) is 6.92 Å². The maximum absolute atomic E-state index is 14.5. The molecule has 1 N–H and O–H groups in total. The summed E-state index contributed by atoms with van der Waals surface area (Å²) in [6.07, 6.45) is -1.01. The van der Waals surface area contributed by atoms with Gasteiger partial charge in [-0.2, -0.15) is 8.78 Å². The van der Waals surface area contributed by atoms with Crippen LogP contribution in [0, 0.1) is 0 Å². The van der Waals surface area contributed by atoms with E-state index in [4.69, 9.17) is 4.74 Å². The Balaban J connectivity index is 2.42. The molecular formula is C19H21F2NO3. The molecule has 4 nitrogen and oxygen atoms in total. The smallest absolute Gasteiger partial charge is 0.408 e. The van der Waals surface area contributed by atoms with Crippen LogP contribution in [0.15, 0.2) is 42.5 Å². The minimum atomic E-state index is -3.76. The van der Waals surface area contributed by atoms with Crippen molar-refractivity contribution in [2.75, 3.05) is 0 Å². The monoisotopic (exact) mass is 349 g/mol. The Kier molecular flexibility index (Phi) is 5.11. The lowest BCUT2D eigenvalue weighted by Crippen LogP contribution is -2.46. The highest BCUT2D eigenvalue weighted by atomic mass is 19.3. The minimum Gasteiger partial charge on any atom is -0.444 e. The van der Waals surface area contributed by atoms with Crippen LogP contribution in [-0.4, -0.2) is 23.4 Å². The molecule has 0 saturated heterocycles. The van der Waals surface area contributed by atoms with Gasteiger partial charge in [-0.3, -0.25) is 4.79 Å². The zero-order valence-corrected chi connectivity index (χ0v) is 14.6. The van der Waals surface area contributed by atoms with Crippen LogP contribution in [-0.2, 0) is 9.53 Å². The van der Waals surface area contributed by atoms with Gasteiger partial charge in [0.05, 0.1) is 0 Å². The van der Waals surface area contributed by atoms with Gasteiger partial charge in [0.15, 0.2) is 0 Å². The summed E-state index contributed by atoms with van der Waals surface area (Å²) in [5.74, 6) is -5.10. The molecule has 0 radical (unpaired) electrons. The van der Waals surface area contributed by atoms with Gasteiger partial charge >= 0.3 is 12.0 Å². The van der Waals surface area contributed by atoms with Gasteiger partial charge in [-0.1, -0.05) is 36.4 Å². The number of alkyl halides is 2. The molecule has 0 bridgehead atoms. The average molecular weight is 349 g/mol. The molecule has 2 aromatic carbocycles. The van der Waals surface area contributed by atoms with E-state index < -0.39 is 29.4 Å². The Morgan fingerprint density at radius 3 is 2.20 bits per heavy atom. The first-order valence-electron chi connectivity index (χ1n) is 7.88. The van der Waals surface area contributed by atoms with E-state index in [0.717, 1.165) is 17.7 Å². The summed E-state index contributed by atoms with van der Waals surface area (Å²) >= 11 is 0. The molecule has 2 aromatic rings. The largest absolute Gasteiger partial charge is 0.444 e. The van der Waals surface area contributed by atoms with E-state index in [2.05, 4.69) is 5.32 Å². The molecule has 0 saturated carbocycles. The average Bonchev–Trinajstić information content (AvgIpc) is 2.50. The van der Waals surface area contributed by atoms with Gasteiger partial charge in [-0.15, -0.1) is 0 Å². The molecule has 1 amide bonds. The summed E-state index contributed by atoms with van der Waals surface area (Å²) < 4.78 is 34.0. The van der Waals surface area contributed by atoms with Crippen LogP contribution in [0.1, 0.15) is 39.3 Å². The maximum Gasteiger partial charge on any atom is 0.408 e. The number of hydrogen-bond acceptors (Lipinski definition) is 3. The second-order valence-electron chi connectivity index (χ2n) is 6.86. The third kappa shape index (κ3) is 4.53. The van der Waals surface area contributed by atoms with Crippen molar-refractivity contribution in [3.63, 3.8) is 0 Å². The molecule has 0 aliphatic rings. The number of alkyl carbamates (subject to hydrolysis) is 1. The lowest BCUT2D eigenvalue weighted by atomic mass is 9.95. The van der Waals surface area contributed by atoms with E-state index in [9.17, 15) is 18.4 Å². The molecule has 0 aliphatic carbocycles. The number of ketones is 1. The molecule has 0 aromatic heterocycles. The molecule has 6 heteroatoms. The number of carbonyl (C=O) groups is 2. The van der Waals surface area contributed by atoms with E-state index in [1.165, 1.54) is 12.1 Å². The van der Waals surface area contributed by atoms with Crippen molar-refractivity contribution in [1.29, 1.82) is 0 Å². The molecule has 2 rings (SSSR count). The van der Waals surface area contributed by atoms with Crippen molar-refractivity contribution in [2.24, 2.45) is 0 Å².